The van der Waals surface area contributed by atoms with Gasteiger partial charge in [0.05, 0.1) is 11.4 Å². The molecule has 1 atom stereocenters. The maximum Gasteiger partial charge on any atom is 0.376 e. The predicted molar refractivity (Wildman–Crippen MR) is 94.7 cm³/mol. The number of thiazole rings is 1. The minimum atomic E-state index is -1.30. The van der Waals surface area contributed by atoms with Crippen molar-refractivity contribution in [2.24, 2.45) is 0 Å². The van der Waals surface area contributed by atoms with Gasteiger partial charge in [-0.2, -0.15) is 5.26 Å². The predicted octanol–water partition coefficient (Wildman–Crippen LogP) is 3.02. The summed E-state index contributed by atoms with van der Waals surface area (Å²) >= 11 is 0.821. The van der Waals surface area contributed by atoms with E-state index in [1.165, 1.54) is 0 Å². The van der Waals surface area contributed by atoms with E-state index in [2.05, 4.69) is 10.3 Å². The summed E-state index contributed by atoms with van der Waals surface area (Å²) in [7, 11) is 0. The lowest BCUT2D eigenvalue weighted by atomic mass is 9.91. The number of ketones is 1. The van der Waals surface area contributed by atoms with Gasteiger partial charge >= 0.3 is 10.9 Å². The summed E-state index contributed by atoms with van der Waals surface area (Å²) < 4.78 is 0. The third-order valence-corrected chi connectivity index (χ3v) is 4.39. The Morgan fingerprint density at radius 3 is 2.65 bits per heavy atom. The zero-order chi connectivity index (χ0) is 18.7. The van der Waals surface area contributed by atoms with E-state index >= 15 is 0 Å². The van der Waals surface area contributed by atoms with E-state index in [-0.39, 0.29) is 5.13 Å². The normalized spacial score (nSPS) is 11.5. The second kappa shape index (κ2) is 7.08. The number of hydrogen-bond acceptors (Lipinski definition) is 7. The van der Waals surface area contributed by atoms with Gasteiger partial charge in [-0.05, 0) is 26.2 Å². The molecule has 1 amide bonds. The fourth-order valence-corrected chi connectivity index (χ4v) is 3.12. The number of aromatic nitrogens is 1. The van der Waals surface area contributed by atoms with Crippen molar-refractivity contribution in [2.75, 3.05) is 5.32 Å². The molecule has 0 aliphatic rings. The standard InChI is InChI=1S/C17H10N4O4S/c18-8-13(12-7-3-5-10-4-1-2-6-11(10)12)15(22)16(23)20-17-19-14(9-26-17)21(24)25/h1-7,9,13H,(H,19,20,23)/t13-/m0/s1. The van der Waals surface area contributed by atoms with Crippen molar-refractivity contribution in [3.8, 4) is 6.07 Å². The lowest BCUT2D eigenvalue weighted by Crippen LogP contribution is -2.27. The highest BCUT2D eigenvalue weighted by Gasteiger charge is 2.29. The number of nitriles is 1. The van der Waals surface area contributed by atoms with Crippen LogP contribution in [0, 0.1) is 21.4 Å². The Morgan fingerprint density at radius 1 is 1.23 bits per heavy atom. The lowest BCUT2D eigenvalue weighted by Gasteiger charge is -2.10. The highest BCUT2D eigenvalue weighted by atomic mass is 32.1. The summed E-state index contributed by atoms with van der Waals surface area (Å²) in [6, 6.07) is 14.2. The minimum Gasteiger partial charge on any atom is -0.358 e. The number of Topliss-reactive ketones (excluding diaryl/α,β-unsaturated/α-hetero) is 1. The number of carbonyl (C=O) groups is 2. The van der Waals surface area contributed by atoms with Crippen LogP contribution in [0.1, 0.15) is 11.5 Å². The highest BCUT2D eigenvalue weighted by Crippen LogP contribution is 2.27. The molecule has 0 spiro atoms. The van der Waals surface area contributed by atoms with Gasteiger partial charge in [-0.25, -0.2) is 0 Å². The van der Waals surface area contributed by atoms with Gasteiger partial charge in [-0.15, -0.1) is 0 Å². The van der Waals surface area contributed by atoms with Crippen molar-refractivity contribution in [1.29, 1.82) is 5.26 Å². The number of hydrogen-bond donors (Lipinski definition) is 1. The number of amides is 1. The molecule has 1 N–H and O–H groups in total. The van der Waals surface area contributed by atoms with E-state index in [0.29, 0.717) is 10.9 Å². The van der Waals surface area contributed by atoms with Gasteiger partial charge in [0.15, 0.2) is 0 Å². The summed E-state index contributed by atoms with van der Waals surface area (Å²) in [4.78, 5) is 38.2. The number of benzene rings is 2. The van der Waals surface area contributed by atoms with Crippen LogP contribution in [0.5, 0.6) is 0 Å². The van der Waals surface area contributed by atoms with Gasteiger partial charge in [0, 0.05) is 0 Å². The van der Waals surface area contributed by atoms with Gasteiger partial charge in [-0.1, -0.05) is 53.8 Å². The second-order valence-corrected chi connectivity index (χ2v) is 6.07. The molecule has 0 aliphatic heterocycles. The first-order valence-electron chi connectivity index (χ1n) is 7.33. The van der Waals surface area contributed by atoms with E-state index in [9.17, 15) is 25.0 Å². The van der Waals surface area contributed by atoms with E-state index in [1.807, 2.05) is 24.3 Å². The quantitative estimate of drug-likeness (QED) is 0.420. The Labute approximate surface area is 150 Å². The fourth-order valence-electron chi connectivity index (χ4n) is 2.47. The summed E-state index contributed by atoms with van der Waals surface area (Å²) in [5.41, 5.74) is 0.427. The summed E-state index contributed by atoms with van der Waals surface area (Å²) in [5.74, 6) is -3.73. The first-order valence-corrected chi connectivity index (χ1v) is 8.21. The van der Waals surface area contributed by atoms with E-state index in [4.69, 9.17) is 0 Å². The molecule has 26 heavy (non-hydrogen) atoms. The minimum absolute atomic E-state index is 0.0790. The van der Waals surface area contributed by atoms with Crippen LogP contribution in [-0.4, -0.2) is 21.6 Å². The molecular weight excluding hydrogens is 356 g/mol. The van der Waals surface area contributed by atoms with Crippen LogP contribution >= 0.6 is 11.3 Å². The molecule has 0 saturated heterocycles. The largest absolute Gasteiger partial charge is 0.376 e. The summed E-state index contributed by atoms with van der Waals surface area (Å²) in [6.45, 7) is 0. The average molecular weight is 366 g/mol. The molecule has 1 heterocycles. The fraction of sp³-hybridized carbons (Fsp3) is 0.0588. The Balaban J connectivity index is 1.87. The molecule has 128 valence electrons. The smallest absolute Gasteiger partial charge is 0.358 e. The molecule has 0 fully saturated rings. The van der Waals surface area contributed by atoms with E-state index < -0.39 is 28.3 Å². The summed E-state index contributed by atoms with van der Waals surface area (Å²) in [5, 5.41) is 24.9. The van der Waals surface area contributed by atoms with Crippen LogP contribution in [0.4, 0.5) is 10.9 Å². The van der Waals surface area contributed by atoms with Crippen LogP contribution in [-0.2, 0) is 9.59 Å². The Hall–Kier alpha value is -3.64. The molecular formula is C17H10N4O4S. The van der Waals surface area contributed by atoms with Gasteiger partial charge in [0.25, 0.3) is 5.91 Å². The Bertz CT molecular complexity index is 1060. The van der Waals surface area contributed by atoms with Crippen LogP contribution < -0.4 is 5.32 Å². The molecule has 9 heteroatoms. The lowest BCUT2D eigenvalue weighted by molar-refractivity contribution is -0.389. The third-order valence-electron chi connectivity index (χ3n) is 3.65. The van der Waals surface area contributed by atoms with E-state index in [1.54, 1.807) is 24.3 Å². The average Bonchev–Trinajstić information content (AvgIpc) is 3.11. The number of nitro groups is 1. The molecule has 0 bridgehead atoms. The molecule has 8 nitrogen and oxygen atoms in total. The zero-order valence-corrected chi connectivity index (χ0v) is 13.9. The van der Waals surface area contributed by atoms with Crippen molar-refractivity contribution >= 4 is 44.7 Å². The van der Waals surface area contributed by atoms with Crippen molar-refractivity contribution in [3.63, 3.8) is 0 Å². The van der Waals surface area contributed by atoms with Crippen LogP contribution in [0.25, 0.3) is 10.8 Å². The van der Waals surface area contributed by atoms with Gasteiger partial charge < -0.3 is 10.1 Å². The number of nitrogens with zero attached hydrogens (tertiary/aromatic N) is 3. The first kappa shape index (κ1) is 17.2. The molecule has 0 radical (unpaired) electrons. The molecule has 1 aromatic heterocycles. The maximum atomic E-state index is 12.5. The Kier molecular flexibility index (Phi) is 4.68. The zero-order valence-electron chi connectivity index (χ0n) is 13.1. The van der Waals surface area contributed by atoms with Crippen LogP contribution in [0.2, 0.25) is 0 Å². The van der Waals surface area contributed by atoms with Crippen molar-refractivity contribution in [1.82, 2.24) is 4.98 Å². The second-order valence-electron chi connectivity index (χ2n) is 5.22. The molecule has 0 aliphatic carbocycles. The van der Waals surface area contributed by atoms with Gasteiger partial charge in [-0.3, -0.25) is 14.9 Å². The van der Waals surface area contributed by atoms with E-state index in [0.717, 1.165) is 22.1 Å². The van der Waals surface area contributed by atoms with Crippen LogP contribution in [0.3, 0.4) is 0 Å². The van der Waals surface area contributed by atoms with Crippen LogP contribution in [0.15, 0.2) is 47.8 Å². The Morgan fingerprint density at radius 2 is 1.96 bits per heavy atom. The van der Waals surface area contributed by atoms with Gasteiger partial charge in [0.2, 0.25) is 5.78 Å². The molecule has 3 aromatic rings. The first-order chi connectivity index (χ1) is 12.5. The SMILES string of the molecule is N#C[C@H](C(=O)C(=O)Nc1nc([N+](=O)[O-])cs1)c1cccc2ccccc12. The topological polar surface area (TPSA) is 126 Å². The number of rotatable bonds is 5. The number of fused-ring (bicyclic) bond motifs is 1. The van der Waals surface area contributed by atoms with Crippen molar-refractivity contribution in [2.45, 2.75) is 5.92 Å². The summed E-state index contributed by atoms with van der Waals surface area (Å²) in [6.07, 6.45) is 0. The molecule has 3 rings (SSSR count). The monoisotopic (exact) mass is 366 g/mol. The third kappa shape index (κ3) is 3.26. The maximum absolute atomic E-state index is 12.5. The van der Waals surface area contributed by atoms with Crippen molar-refractivity contribution < 1.29 is 14.5 Å². The highest BCUT2D eigenvalue weighted by molar-refractivity contribution is 7.14. The van der Waals surface area contributed by atoms with Gasteiger partial charge in [0.1, 0.15) is 5.92 Å². The molecule has 0 unspecified atom stereocenters. The number of carbonyl (C=O) groups excluding carboxylic acids is 2. The number of nitrogens with one attached hydrogen (secondary N) is 1. The molecule has 2 aromatic carbocycles. The molecule has 0 saturated carbocycles. The van der Waals surface area contributed by atoms with Crippen molar-refractivity contribution in [3.05, 3.63) is 63.5 Å². The number of anilines is 1.